The minimum atomic E-state index is -3.62. The van der Waals surface area contributed by atoms with E-state index in [9.17, 15) is 13.2 Å². The van der Waals surface area contributed by atoms with Crippen molar-refractivity contribution in [2.75, 3.05) is 6.61 Å². The Balaban J connectivity index is 2.00. The highest BCUT2D eigenvalue weighted by molar-refractivity contribution is 7.89. The Hall–Kier alpha value is -2.12. The molecule has 118 valence electrons. The summed E-state index contributed by atoms with van der Waals surface area (Å²) in [5.41, 5.74) is 0.698. The van der Waals surface area contributed by atoms with Gasteiger partial charge in [-0.2, -0.15) is 0 Å². The number of ether oxygens (including phenoxy) is 1. The molecule has 0 saturated carbocycles. The van der Waals surface area contributed by atoms with Crippen molar-refractivity contribution in [2.45, 2.75) is 24.8 Å². The molecule has 1 aromatic carbocycles. The van der Waals surface area contributed by atoms with Crippen molar-refractivity contribution >= 4 is 16.0 Å². The first-order valence-electron chi connectivity index (χ1n) is 6.78. The van der Waals surface area contributed by atoms with E-state index in [2.05, 4.69) is 4.72 Å². The second kappa shape index (κ2) is 7.24. The molecule has 2 rings (SSSR count). The van der Waals surface area contributed by atoms with Crippen LogP contribution in [0, 0.1) is 0 Å². The molecular formula is C15H17NO5S. The van der Waals surface area contributed by atoms with E-state index in [0.29, 0.717) is 17.9 Å². The molecule has 0 spiro atoms. The first-order chi connectivity index (χ1) is 10.5. The Labute approximate surface area is 129 Å². The molecule has 1 N–H and O–H groups in total. The summed E-state index contributed by atoms with van der Waals surface area (Å²) in [5.74, 6) is 0.191. The van der Waals surface area contributed by atoms with Gasteiger partial charge in [-0.15, -0.1) is 0 Å². The minimum Gasteiger partial charge on any atom is -0.468 e. The van der Waals surface area contributed by atoms with Crippen molar-refractivity contribution in [3.63, 3.8) is 0 Å². The largest absolute Gasteiger partial charge is 0.468 e. The van der Waals surface area contributed by atoms with Gasteiger partial charge >= 0.3 is 5.97 Å². The number of carbonyl (C=O) groups excluding carboxylic acids is 1. The standard InChI is InChI=1S/C15H17NO5S/c1-2-20-15(17)10-12-5-7-14(8-6-12)22(18,19)16-11-13-4-3-9-21-13/h3-9,16H,2,10-11H2,1H3. The van der Waals surface area contributed by atoms with E-state index in [1.54, 1.807) is 31.2 Å². The highest BCUT2D eigenvalue weighted by atomic mass is 32.2. The van der Waals surface area contributed by atoms with Gasteiger partial charge in [-0.1, -0.05) is 12.1 Å². The summed E-state index contributed by atoms with van der Waals surface area (Å²) < 4.78 is 36.6. The van der Waals surface area contributed by atoms with Crippen molar-refractivity contribution in [3.8, 4) is 0 Å². The average molecular weight is 323 g/mol. The van der Waals surface area contributed by atoms with Crippen LogP contribution in [0.2, 0.25) is 0 Å². The van der Waals surface area contributed by atoms with Crippen LogP contribution in [-0.2, 0) is 32.5 Å². The molecule has 0 unspecified atom stereocenters. The second-order valence-electron chi connectivity index (χ2n) is 4.53. The molecule has 0 bridgehead atoms. The first kappa shape index (κ1) is 16.3. The Morgan fingerprint density at radius 1 is 1.23 bits per heavy atom. The fourth-order valence-electron chi connectivity index (χ4n) is 1.83. The van der Waals surface area contributed by atoms with Gasteiger partial charge in [-0.05, 0) is 36.8 Å². The van der Waals surface area contributed by atoms with Crippen LogP contribution >= 0.6 is 0 Å². The molecule has 1 heterocycles. The van der Waals surface area contributed by atoms with Crippen LogP contribution in [0.1, 0.15) is 18.2 Å². The molecule has 0 saturated heterocycles. The molecular weight excluding hydrogens is 306 g/mol. The predicted octanol–water partition coefficient (Wildman–Crippen LogP) is 1.86. The SMILES string of the molecule is CCOC(=O)Cc1ccc(S(=O)(=O)NCc2ccco2)cc1. The van der Waals surface area contributed by atoms with Gasteiger partial charge in [0.15, 0.2) is 0 Å². The van der Waals surface area contributed by atoms with Gasteiger partial charge < -0.3 is 9.15 Å². The number of rotatable bonds is 7. The van der Waals surface area contributed by atoms with Crippen LogP contribution in [0.5, 0.6) is 0 Å². The lowest BCUT2D eigenvalue weighted by Crippen LogP contribution is -2.23. The van der Waals surface area contributed by atoms with E-state index in [1.165, 1.54) is 18.4 Å². The molecule has 0 radical (unpaired) electrons. The highest BCUT2D eigenvalue weighted by Crippen LogP contribution is 2.12. The monoisotopic (exact) mass is 323 g/mol. The zero-order chi connectivity index (χ0) is 16.0. The quantitative estimate of drug-likeness (QED) is 0.786. The minimum absolute atomic E-state index is 0.0832. The number of hydrogen-bond donors (Lipinski definition) is 1. The lowest BCUT2D eigenvalue weighted by molar-refractivity contribution is -0.142. The van der Waals surface area contributed by atoms with Gasteiger partial charge in [0.05, 0.1) is 30.7 Å². The van der Waals surface area contributed by atoms with Crippen molar-refractivity contribution in [1.82, 2.24) is 4.72 Å². The molecule has 7 heteroatoms. The van der Waals surface area contributed by atoms with E-state index in [-0.39, 0.29) is 23.8 Å². The molecule has 0 fully saturated rings. The van der Waals surface area contributed by atoms with Crippen molar-refractivity contribution in [3.05, 3.63) is 54.0 Å². The summed E-state index contributed by atoms with van der Waals surface area (Å²) >= 11 is 0. The maximum absolute atomic E-state index is 12.1. The fraction of sp³-hybridized carbons (Fsp3) is 0.267. The molecule has 0 aliphatic rings. The van der Waals surface area contributed by atoms with E-state index in [0.717, 1.165) is 0 Å². The van der Waals surface area contributed by atoms with Crippen LogP contribution in [-0.4, -0.2) is 21.0 Å². The zero-order valence-corrected chi connectivity index (χ0v) is 12.9. The Kier molecular flexibility index (Phi) is 5.35. The summed E-state index contributed by atoms with van der Waals surface area (Å²) in [6, 6.07) is 9.48. The Morgan fingerprint density at radius 3 is 2.55 bits per heavy atom. The fourth-order valence-corrected chi connectivity index (χ4v) is 2.82. The van der Waals surface area contributed by atoms with E-state index in [4.69, 9.17) is 9.15 Å². The smallest absolute Gasteiger partial charge is 0.310 e. The summed E-state index contributed by atoms with van der Waals surface area (Å²) in [5, 5.41) is 0. The van der Waals surface area contributed by atoms with Gasteiger partial charge in [0.25, 0.3) is 0 Å². The highest BCUT2D eigenvalue weighted by Gasteiger charge is 2.14. The van der Waals surface area contributed by atoms with Crippen LogP contribution in [0.3, 0.4) is 0 Å². The van der Waals surface area contributed by atoms with Gasteiger partial charge in [-0.3, -0.25) is 4.79 Å². The number of carbonyl (C=O) groups is 1. The third kappa shape index (κ3) is 4.44. The number of sulfonamides is 1. The summed E-state index contributed by atoms with van der Waals surface area (Å²) in [6.07, 6.45) is 1.60. The van der Waals surface area contributed by atoms with Gasteiger partial charge in [0.2, 0.25) is 10.0 Å². The van der Waals surface area contributed by atoms with Crippen LogP contribution in [0.4, 0.5) is 0 Å². The summed E-state index contributed by atoms with van der Waals surface area (Å²) in [7, 11) is -3.62. The second-order valence-corrected chi connectivity index (χ2v) is 6.30. The first-order valence-corrected chi connectivity index (χ1v) is 8.26. The zero-order valence-electron chi connectivity index (χ0n) is 12.1. The maximum atomic E-state index is 12.1. The van der Waals surface area contributed by atoms with E-state index >= 15 is 0 Å². The van der Waals surface area contributed by atoms with Crippen molar-refractivity contribution < 1.29 is 22.4 Å². The van der Waals surface area contributed by atoms with Crippen molar-refractivity contribution in [1.29, 1.82) is 0 Å². The summed E-state index contributed by atoms with van der Waals surface area (Å²) in [6.45, 7) is 2.14. The lowest BCUT2D eigenvalue weighted by atomic mass is 10.1. The van der Waals surface area contributed by atoms with Crippen LogP contribution in [0.15, 0.2) is 52.0 Å². The lowest BCUT2D eigenvalue weighted by Gasteiger charge is -2.07. The topological polar surface area (TPSA) is 85.6 Å². The summed E-state index contributed by atoms with van der Waals surface area (Å²) in [4.78, 5) is 11.5. The van der Waals surface area contributed by atoms with E-state index in [1.807, 2.05) is 0 Å². The Morgan fingerprint density at radius 2 is 1.95 bits per heavy atom. The number of furan rings is 1. The van der Waals surface area contributed by atoms with Crippen LogP contribution in [0.25, 0.3) is 0 Å². The molecule has 0 aliphatic carbocycles. The maximum Gasteiger partial charge on any atom is 0.310 e. The molecule has 0 amide bonds. The number of benzene rings is 1. The van der Waals surface area contributed by atoms with Gasteiger partial charge in [0, 0.05) is 0 Å². The third-order valence-corrected chi connectivity index (χ3v) is 4.32. The van der Waals surface area contributed by atoms with Crippen LogP contribution < -0.4 is 4.72 Å². The number of hydrogen-bond acceptors (Lipinski definition) is 5. The normalized spacial score (nSPS) is 11.3. The Bertz CT molecular complexity index is 705. The van der Waals surface area contributed by atoms with Gasteiger partial charge in [0.1, 0.15) is 5.76 Å². The molecule has 0 atom stereocenters. The molecule has 22 heavy (non-hydrogen) atoms. The molecule has 1 aromatic heterocycles. The van der Waals surface area contributed by atoms with Gasteiger partial charge in [-0.25, -0.2) is 13.1 Å². The molecule has 2 aromatic rings. The molecule has 6 nitrogen and oxygen atoms in total. The third-order valence-electron chi connectivity index (χ3n) is 2.90. The number of esters is 1. The van der Waals surface area contributed by atoms with E-state index < -0.39 is 10.0 Å². The predicted molar refractivity (Wildman–Crippen MR) is 79.5 cm³/mol. The van der Waals surface area contributed by atoms with Crippen molar-refractivity contribution in [2.24, 2.45) is 0 Å². The molecule has 0 aliphatic heterocycles. The average Bonchev–Trinajstić information content (AvgIpc) is 2.99. The number of nitrogens with one attached hydrogen (secondary N) is 1.